The fourth-order valence-corrected chi connectivity index (χ4v) is 3.32. The number of rotatable bonds is 7. The number of primary amides is 1. The van der Waals surface area contributed by atoms with Crippen LogP contribution in [-0.4, -0.2) is 47.2 Å². The zero-order chi connectivity index (χ0) is 20.8. The lowest BCUT2D eigenvalue weighted by Crippen LogP contribution is -2.36. The van der Waals surface area contributed by atoms with Gasteiger partial charge in [-0.2, -0.15) is 0 Å². The molecule has 0 atom stereocenters. The minimum absolute atomic E-state index is 0.323. The fraction of sp³-hybridized carbons (Fsp3) is 0.238. The number of hydrogen-bond donors (Lipinski definition) is 3. The Morgan fingerprint density at radius 1 is 1.10 bits per heavy atom. The molecule has 1 amide bonds. The van der Waals surface area contributed by atoms with Gasteiger partial charge in [0.2, 0.25) is 0 Å². The van der Waals surface area contributed by atoms with Crippen molar-refractivity contribution in [3.63, 3.8) is 0 Å². The number of nitrogens with zero attached hydrogens (tertiary/aromatic N) is 4. The number of benzene rings is 1. The highest BCUT2D eigenvalue weighted by Gasteiger charge is 2.16. The van der Waals surface area contributed by atoms with Gasteiger partial charge in [-0.3, -0.25) is 9.78 Å². The van der Waals surface area contributed by atoms with Gasteiger partial charge in [0.05, 0.1) is 30.7 Å². The van der Waals surface area contributed by atoms with Gasteiger partial charge in [0.15, 0.2) is 0 Å². The van der Waals surface area contributed by atoms with E-state index >= 15 is 0 Å². The molecule has 3 heterocycles. The van der Waals surface area contributed by atoms with Gasteiger partial charge < -0.3 is 26.0 Å². The average molecular weight is 405 g/mol. The van der Waals surface area contributed by atoms with Gasteiger partial charge in [0, 0.05) is 50.0 Å². The number of ether oxygens (including phenoxy) is 1. The minimum Gasteiger partial charge on any atom is -0.380 e. The Kier molecular flexibility index (Phi) is 6.00. The maximum absolute atomic E-state index is 11.9. The zero-order valence-corrected chi connectivity index (χ0v) is 16.4. The second-order valence-corrected chi connectivity index (χ2v) is 6.78. The van der Waals surface area contributed by atoms with Crippen molar-refractivity contribution >= 4 is 28.9 Å². The molecule has 1 aromatic carbocycles. The maximum atomic E-state index is 11.9. The first-order valence-corrected chi connectivity index (χ1v) is 9.68. The van der Waals surface area contributed by atoms with Crippen molar-refractivity contribution in [3.8, 4) is 0 Å². The Bertz CT molecular complexity index is 1010. The van der Waals surface area contributed by atoms with E-state index in [1.807, 2.05) is 12.1 Å². The van der Waals surface area contributed by atoms with E-state index in [1.54, 1.807) is 24.7 Å². The molecule has 0 bridgehead atoms. The third-order valence-electron chi connectivity index (χ3n) is 4.80. The van der Waals surface area contributed by atoms with Crippen LogP contribution in [0.2, 0.25) is 0 Å². The van der Waals surface area contributed by atoms with E-state index < -0.39 is 5.91 Å². The number of pyridine rings is 1. The summed E-state index contributed by atoms with van der Waals surface area (Å²) in [6.07, 6.45) is 6.22. The van der Waals surface area contributed by atoms with Crippen molar-refractivity contribution in [3.05, 3.63) is 66.2 Å². The SMILES string of the molecule is NC(=O)c1cnc(Nc2cnccn2)cc1NCc1ccccc1N1CCOCC1. The molecule has 4 N–H and O–H groups in total. The van der Waals surface area contributed by atoms with Crippen LogP contribution < -0.4 is 21.3 Å². The molecule has 154 valence electrons. The highest BCUT2D eigenvalue weighted by atomic mass is 16.5. The lowest BCUT2D eigenvalue weighted by Gasteiger charge is -2.30. The maximum Gasteiger partial charge on any atom is 0.252 e. The van der Waals surface area contributed by atoms with Crippen LogP contribution in [0.3, 0.4) is 0 Å². The predicted molar refractivity (Wildman–Crippen MR) is 115 cm³/mol. The van der Waals surface area contributed by atoms with Crippen LogP contribution in [0.4, 0.5) is 23.0 Å². The van der Waals surface area contributed by atoms with Crippen LogP contribution in [0.1, 0.15) is 15.9 Å². The second-order valence-electron chi connectivity index (χ2n) is 6.78. The van der Waals surface area contributed by atoms with Crippen molar-refractivity contribution in [1.82, 2.24) is 15.0 Å². The largest absolute Gasteiger partial charge is 0.380 e. The van der Waals surface area contributed by atoms with Gasteiger partial charge in [-0.05, 0) is 11.6 Å². The normalized spacial score (nSPS) is 13.7. The number of anilines is 4. The molecule has 0 saturated carbocycles. The molecule has 0 aliphatic carbocycles. The number of carbonyl (C=O) groups is 1. The Labute approximate surface area is 174 Å². The highest BCUT2D eigenvalue weighted by Crippen LogP contribution is 2.25. The summed E-state index contributed by atoms with van der Waals surface area (Å²) < 4.78 is 5.46. The number of hydrogen-bond acceptors (Lipinski definition) is 8. The first-order chi connectivity index (χ1) is 14.7. The van der Waals surface area contributed by atoms with E-state index in [0.29, 0.717) is 29.4 Å². The first kappa shape index (κ1) is 19.6. The Balaban J connectivity index is 1.55. The molecule has 0 spiro atoms. The van der Waals surface area contributed by atoms with Crippen molar-refractivity contribution in [2.24, 2.45) is 5.73 Å². The summed E-state index contributed by atoms with van der Waals surface area (Å²) in [4.78, 5) is 26.7. The third-order valence-corrected chi connectivity index (χ3v) is 4.80. The van der Waals surface area contributed by atoms with Crippen molar-refractivity contribution in [2.75, 3.05) is 41.8 Å². The highest BCUT2D eigenvalue weighted by molar-refractivity contribution is 5.98. The molecule has 30 heavy (non-hydrogen) atoms. The molecule has 1 aliphatic rings. The molecule has 9 heteroatoms. The lowest BCUT2D eigenvalue weighted by molar-refractivity contribution is 0.100. The number of nitrogens with one attached hydrogen (secondary N) is 2. The van der Waals surface area contributed by atoms with E-state index in [4.69, 9.17) is 10.5 Å². The number of nitrogens with two attached hydrogens (primary N) is 1. The minimum atomic E-state index is -0.544. The molecular weight excluding hydrogens is 382 g/mol. The number of carbonyl (C=O) groups excluding carboxylic acids is 1. The fourth-order valence-electron chi connectivity index (χ4n) is 3.32. The summed E-state index contributed by atoms with van der Waals surface area (Å²) in [5.74, 6) is 0.544. The number of amides is 1. The Hall–Kier alpha value is -3.72. The van der Waals surface area contributed by atoms with Crippen LogP contribution in [0.25, 0.3) is 0 Å². The summed E-state index contributed by atoms with van der Waals surface area (Å²) in [6.45, 7) is 3.67. The predicted octanol–water partition coefficient (Wildman–Crippen LogP) is 2.16. The number of morpholine rings is 1. The Morgan fingerprint density at radius 3 is 2.70 bits per heavy atom. The molecule has 9 nitrogen and oxygen atoms in total. The first-order valence-electron chi connectivity index (χ1n) is 9.68. The van der Waals surface area contributed by atoms with Gasteiger partial charge in [-0.25, -0.2) is 9.97 Å². The smallest absolute Gasteiger partial charge is 0.252 e. The van der Waals surface area contributed by atoms with Crippen molar-refractivity contribution in [1.29, 1.82) is 0 Å². The van der Waals surface area contributed by atoms with Crippen LogP contribution in [0.5, 0.6) is 0 Å². The molecule has 0 unspecified atom stereocenters. The van der Waals surface area contributed by atoms with Gasteiger partial charge in [0.1, 0.15) is 11.6 Å². The lowest BCUT2D eigenvalue weighted by atomic mass is 10.1. The molecule has 3 aromatic rings. The topological polar surface area (TPSA) is 118 Å². The summed E-state index contributed by atoms with van der Waals surface area (Å²) >= 11 is 0. The van der Waals surface area contributed by atoms with Crippen molar-refractivity contribution < 1.29 is 9.53 Å². The van der Waals surface area contributed by atoms with Gasteiger partial charge in [-0.15, -0.1) is 0 Å². The van der Waals surface area contributed by atoms with Crippen molar-refractivity contribution in [2.45, 2.75) is 6.54 Å². The van der Waals surface area contributed by atoms with Gasteiger partial charge >= 0.3 is 0 Å². The van der Waals surface area contributed by atoms with E-state index in [9.17, 15) is 4.79 Å². The standard InChI is InChI=1S/C21H23N7O2/c22-21(29)16-13-26-19(27-20-14-23-5-6-24-20)11-17(16)25-12-15-3-1-2-4-18(15)28-7-9-30-10-8-28/h1-6,11,13-14H,7-10,12H2,(H2,22,29)(H2,24,25,26,27). The summed E-state index contributed by atoms with van der Waals surface area (Å²) in [7, 11) is 0. The second kappa shape index (κ2) is 9.19. The molecule has 0 radical (unpaired) electrons. The number of para-hydroxylation sites is 1. The quantitative estimate of drug-likeness (QED) is 0.547. The molecule has 1 fully saturated rings. The van der Waals surface area contributed by atoms with Gasteiger partial charge in [0.25, 0.3) is 5.91 Å². The molecule has 1 aliphatic heterocycles. The van der Waals surface area contributed by atoms with Crippen LogP contribution in [0, 0.1) is 0 Å². The summed E-state index contributed by atoms with van der Waals surface area (Å²) in [5.41, 5.74) is 8.74. The number of aromatic nitrogens is 3. The van der Waals surface area contributed by atoms with E-state index in [2.05, 4.69) is 42.6 Å². The summed E-state index contributed by atoms with van der Waals surface area (Å²) in [6, 6.07) is 9.95. The van der Waals surface area contributed by atoms with E-state index in [1.165, 1.54) is 6.20 Å². The van der Waals surface area contributed by atoms with Gasteiger partial charge in [-0.1, -0.05) is 18.2 Å². The van der Waals surface area contributed by atoms with E-state index in [0.717, 1.165) is 37.6 Å². The molecular formula is C21H23N7O2. The molecule has 2 aromatic heterocycles. The average Bonchev–Trinajstić information content (AvgIpc) is 2.79. The Morgan fingerprint density at radius 2 is 1.93 bits per heavy atom. The molecule has 1 saturated heterocycles. The van der Waals surface area contributed by atoms with Crippen LogP contribution >= 0.6 is 0 Å². The monoisotopic (exact) mass is 405 g/mol. The third kappa shape index (κ3) is 4.64. The van der Waals surface area contributed by atoms with E-state index in [-0.39, 0.29) is 0 Å². The summed E-state index contributed by atoms with van der Waals surface area (Å²) in [5, 5.41) is 6.41. The molecule has 4 rings (SSSR count). The zero-order valence-electron chi connectivity index (χ0n) is 16.4. The van der Waals surface area contributed by atoms with Crippen LogP contribution in [-0.2, 0) is 11.3 Å². The van der Waals surface area contributed by atoms with Crippen LogP contribution in [0.15, 0.2) is 55.1 Å².